The van der Waals surface area contributed by atoms with Gasteiger partial charge in [-0.15, -0.1) is 35.3 Å². The van der Waals surface area contributed by atoms with Crippen LogP contribution in [0, 0.1) is 0 Å². The van der Waals surface area contributed by atoms with Crippen molar-refractivity contribution in [2.24, 2.45) is 4.99 Å². The van der Waals surface area contributed by atoms with E-state index in [0.717, 1.165) is 16.7 Å². The molecule has 0 amide bonds. The van der Waals surface area contributed by atoms with Gasteiger partial charge in [-0.1, -0.05) is 0 Å². The van der Waals surface area contributed by atoms with Gasteiger partial charge in [-0.25, -0.2) is 4.98 Å². The van der Waals surface area contributed by atoms with E-state index in [2.05, 4.69) is 20.6 Å². The standard InChI is InChI=1S/C11H18N4OS.HI/c1-12-11(15-8-3-4-8)13-5-9-7-17-10(14-9)6-16-2;/h7-8H,3-6H2,1-2H3,(H2,12,13,15);1H. The van der Waals surface area contributed by atoms with E-state index in [1.54, 1.807) is 25.5 Å². The Morgan fingerprint density at radius 3 is 3.00 bits per heavy atom. The second-order valence-electron chi connectivity index (χ2n) is 4.01. The highest BCUT2D eigenvalue weighted by Crippen LogP contribution is 2.18. The van der Waals surface area contributed by atoms with Crippen LogP contribution in [0.2, 0.25) is 0 Å². The minimum Gasteiger partial charge on any atom is -0.378 e. The molecule has 2 N–H and O–H groups in total. The molecule has 1 aliphatic rings. The molecule has 0 saturated heterocycles. The van der Waals surface area contributed by atoms with Crippen LogP contribution in [0.1, 0.15) is 23.5 Å². The highest BCUT2D eigenvalue weighted by Gasteiger charge is 2.22. The fourth-order valence-corrected chi connectivity index (χ4v) is 2.17. The first-order valence-electron chi connectivity index (χ1n) is 5.71. The lowest BCUT2D eigenvalue weighted by Crippen LogP contribution is -2.38. The molecule has 18 heavy (non-hydrogen) atoms. The summed E-state index contributed by atoms with van der Waals surface area (Å²) in [6, 6.07) is 0.612. The molecule has 5 nitrogen and oxygen atoms in total. The van der Waals surface area contributed by atoms with E-state index in [0.29, 0.717) is 19.2 Å². The number of nitrogens with zero attached hydrogens (tertiary/aromatic N) is 2. The SMILES string of the molecule is CN=C(NCc1csc(COC)n1)NC1CC1.I. The van der Waals surface area contributed by atoms with Crippen molar-refractivity contribution < 1.29 is 4.74 Å². The molecule has 1 heterocycles. The first-order chi connectivity index (χ1) is 8.31. The zero-order valence-electron chi connectivity index (χ0n) is 10.6. The van der Waals surface area contributed by atoms with E-state index in [-0.39, 0.29) is 24.0 Å². The maximum Gasteiger partial charge on any atom is 0.191 e. The van der Waals surface area contributed by atoms with E-state index < -0.39 is 0 Å². The van der Waals surface area contributed by atoms with Crippen LogP contribution in [-0.2, 0) is 17.9 Å². The van der Waals surface area contributed by atoms with Gasteiger partial charge in [0.05, 0.1) is 18.8 Å². The van der Waals surface area contributed by atoms with Crippen LogP contribution in [0.15, 0.2) is 10.4 Å². The number of guanidine groups is 1. The molecule has 0 aliphatic heterocycles. The molecule has 0 aromatic carbocycles. The molecule has 1 aromatic heterocycles. The summed E-state index contributed by atoms with van der Waals surface area (Å²) in [7, 11) is 3.47. The summed E-state index contributed by atoms with van der Waals surface area (Å²) >= 11 is 1.62. The first-order valence-corrected chi connectivity index (χ1v) is 6.59. The Labute approximate surface area is 128 Å². The zero-order chi connectivity index (χ0) is 12.1. The van der Waals surface area contributed by atoms with Crippen molar-refractivity contribution in [1.29, 1.82) is 0 Å². The number of methoxy groups -OCH3 is 1. The van der Waals surface area contributed by atoms with Gasteiger partial charge >= 0.3 is 0 Å². The molecule has 0 unspecified atom stereocenters. The van der Waals surface area contributed by atoms with Crippen LogP contribution >= 0.6 is 35.3 Å². The molecule has 0 spiro atoms. The van der Waals surface area contributed by atoms with Crippen molar-refractivity contribution in [3.63, 3.8) is 0 Å². The van der Waals surface area contributed by atoms with E-state index in [9.17, 15) is 0 Å². The topological polar surface area (TPSA) is 58.5 Å². The predicted molar refractivity (Wildman–Crippen MR) is 84.6 cm³/mol. The van der Waals surface area contributed by atoms with Crippen molar-refractivity contribution in [3.8, 4) is 0 Å². The maximum absolute atomic E-state index is 5.04. The molecule has 2 rings (SSSR count). The number of thiazole rings is 1. The minimum atomic E-state index is 0. The second kappa shape index (κ2) is 7.90. The van der Waals surface area contributed by atoms with Gasteiger partial charge in [0.1, 0.15) is 5.01 Å². The van der Waals surface area contributed by atoms with Crippen LogP contribution in [0.3, 0.4) is 0 Å². The Balaban J connectivity index is 0.00000162. The summed E-state index contributed by atoms with van der Waals surface area (Å²) in [4.78, 5) is 8.62. The number of rotatable bonds is 5. The maximum atomic E-state index is 5.04. The van der Waals surface area contributed by atoms with Crippen LogP contribution < -0.4 is 10.6 Å². The fraction of sp³-hybridized carbons (Fsp3) is 0.636. The number of halogens is 1. The highest BCUT2D eigenvalue weighted by molar-refractivity contribution is 14.0. The summed E-state index contributed by atoms with van der Waals surface area (Å²) in [6.45, 7) is 1.28. The third-order valence-electron chi connectivity index (χ3n) is 2.45. The average molecular weight is 382 g/mol. The lowest BCUT2D eigenvalue weighted by atomic mass is 10.5. The smallest absolute Gasteiger partial charge is 0.191 e. The molecular weight excluding hydrogens is 363 g/mol. The van der Waals surface area contributed by atoms with Crippen molar-refractivity contribution in [2.45, 2.75) is 32.0 Å². The van der Waals surface area contributed by atoms with Crippen LogP contribution in [0.25, 0.3) is 0 Å². The summed E-state index contributed by atoms with van der Waals surface area (Å²) in [6.07, 6.45) is 2.49. The number of aliphatic imine (C=N–C) groups is 1. The molecule has 0 atom stereocenters. The Hall–Kier alpha value is -0.410. The predicted octanol–water partition coefficient (Wildman–Crippen LogP) is 1.73. The Morgan fingerprint density at radius 2 is 2.39 bits per heavy atom. The largest absolute Gasteiger partial charge is 0.378 e. The first kappa shape index (κ1) is 15.6. The van der Waals surface area contributed by atoms with Crippen molar-refractivity contribution in [1.82, 2.24) is 15.6 Å². The molecule has 1 fully saturated rings. The minimum absolute atomic E-state index is 0. The Bertz CT molecular complexity index is 392. The van der Waals surface area contributed by atoms with E-state index in [1.165, 1.54) is 12.8 Å². The monoisotopic (exact) mass is 382 g/mol. The second-order valence-corrected chi connectivity index (χ2v) is 4.95. The number of hydrogen-bond donors (Lipinski definition) is 2. The summed E-state index contributed by atoms with van der Waals surface area (Å²) < 4.78 is 5.04. The van der Waals surface area contributed by atoms with Gasteiger partial charge in [-0.3, -0.25) is 4.99 Å². The lowest BCUT2D eigenvalue weighted by Gasteiger charge is -2.09. The Morgan fingerprint density at radius 1 is 1.61 bits per heavy atom. The molecule has 1 saturated carbocycles. The van der Waals surface area contributed by atoms with E-state index >= 15 is 0 Å². The lowest BCUT2D eigenvalue weighted by molar-refractivity contribution is 0.184. The third-order valence-corrected chi connectivity index (χ3v) is 3.32. The molecule has 7 heteroatoms. The average Bonchev–Trinajstić information content (AvgIpc) is 3.04. The number of ether oxygens (including phenoxy) is 1. The summed E-state index contributed by atoms with van der Waals surface area (Å²) in [5.41, 5.74) is 1.03. The molecule has 0 radical (unpaired) electrons. The van der Waals surface area contributed by atoms with Gasteiger partial charge in [-0.05, 0) is 12.8 Å². The number of aromatic nitrogens is 1. The van der Waals surface area contributed by atoms with Crippen LogP contribution in [0.5, 0.6) is 0 Å². The summed E-state index contributed by atoms with van der Waals surface area (Å²) in [5, 5.41) is 9.64. The zero-order valence-corrected chi connectivity index (χ0v) is 13.7. The molecule has 1 aliphatic carbocycles. The van der Waals surface area contributed by atoms with Gasteiger partial charge in [0.15, 0.2) is 5.96 Å². The van der Waals surface area contributed by atoms with Crippen molar-refractivity contribution in [3.05, 3.63) is 16.1 Å². The van der Waals surface area contributed by atoms with Gasteiger partial charge in [-0.2, -0.15) is 0 Å². The fourth-order valence-electron chi connectivity index (χ4n) is 1.41. The molecule has 1 aromatic rings. The third kappa shape index (κ3) is 5.07. The van der Waals surface area contributed by atoms with Crippen molar-refractivity contribution in [2.75, 3.05) is 14.2 Å². The molecule has 102 valence electrons. The number of nitrogens with one attached hydrogen (secondary N) is 2. The molecular formula is C11H19IN4OS. The van der Waals surface area contributed by atoms with Gasteiger partial charge < -0.3 is 15.4 Å². The van der Waals surface area contributed by atoms with E-state index in [1.807, 2.05) is 5.38 Å². The van der Waals surface area contributed by atoms with Crippen LogP contribution in [-0.4, -0.2) is 31.1 Å². The normalized spacial score (nSPS) is 15.1. The quantitative estimate of drug-likeness (QED) is 0.463. The molecule has 0 bridgehead atoms. The van der Waals surface area contributed by atoms with Gasteiger partial charge in [0.2, 0.25) is 0 Å². The van der Waals surface area contributed by atoms with E-state index in [4.69, 9.17) is 4.74 Å². The van der Waals surface area contributed by atoms with Gasteiger partial charge in [0.25, 0.3) is 0 Å². The summed E-state index contributed by atoms with van der Waals surface area (Å²) in [5.74, 6) is 0.855. The number of hydrogen-bond acceptors (Lipinski definition) is 4. The van der Waals surface area contributed by atoms with Crippen molar-refractivity contribution >= 4 is 41.3 Å². The Kier molecular flexibility index (Phi) is 6.87. The van der Waals surface area contributed by atoms with Crippen LogP contribution in [0.4, 0.5) is 0 Å². The van der Waals surface area contributed by atoms with Gasteiger partial charge in [0, 0.05) is 25.6 Å². The highest BCUT2D eigenvalue weighted by atomic mass is 127.